The molecule has 1 saturated heterocycles. The lowest BCUT2D eigenvalue weighted by Gasteiger charge is -2.32. The predicted molar refractivity (Wildman–Crippen MR) is 112 cm³/mol. The van der Waals surface area contributed by atoms with E-state index in [0.717, 1.165) is 16.2 Å². The molecule has 1 aromatic heterocycles. The first-order chi connectivity index (χ1) is 14.3. The van der Waals surface area contributed by atoms with Crippen LogP contribution in [0.25, 0.3) is 10.1 Å². The third-order valence-corrected chi connectivity index (χ3v) is 8.15. The Labute approximate surface area is 177 Å². The summed E-state index contributed by atoms with van der Waals surface area (Å²) >= 11 is 1.29. The Kier molecular flexibility index (Phi) is 5.63. The molecule has 30 heavy (non-hydrogen) atoms. The molecule has 0 radical (unpaired) electrons. The predicted octanol–water partition coefficient (Wildman–Crippen LogP) is 3.90. The molecule has 0 unspecified atom stereocenters. The third kappa shape index (κ3) is 3.62. The summed E-state index contributed by atoms with van der Waals surface area (Å²) in [5.74, 6) is -0.940. The molecule has 6 nitrogen and oxygen atoms in total. The maximum Gasteiger partial charge on any atom is 0.348 e. The number of rotatable bonds is 4. The number of carbonyl (C=O) groups excluding carboxylic acids is 1. The summed E-state index contributed by atoms with van der Waals surface area (Å²) in [7, 11) is -2.53. The summed E-state index contributed by atoms with van der Waals surface area (Å²) in [6.45, 7) is 1.92. The van der Waals surface area contributed by atoms with Crippen molar-refractivity contribution in [1.82, 2.24) is 4.31 Å². The second-order valence-electron chi connectivity index (χ2n) is 6.97. The van der Waals surface area contributed by atoms with Crippen LogP contribution in [0.2, 0.25) is 0 Å². The number of nitrogens with zero attached hydrogens (tertiary/aromatic N) is 1. The Morgan fingerprint density at radius 1 is 1.27 bits per heavy atom. The highest BCUT2D eigenvalue weighted by molar-refractivity contribution is 7.89. The summed E-state index contributed by atoms with van der Waals surface area (Å²) in [6.07, 6.45) is -0.625. The Morgan fingerprint density at radius 2 is 2.03 bits per heavy atom. The van der Waals surface area contributed by atoms with Crippen LogP contribution in [-0.2, 0) is 19.5 Å². The van der Waals surface area contributed by atoms with Crippen LogP contribution in [0.15, 0.2) is 47.4 Å². The van der Waals surface area contributed by atoms with Gasteiger partial charge in [-0.05, 0) is 42.1 Å². The lowest BCUT2D eigenvalue weighted by Crippen LogP contribution is -2.42. The lowest BCUT2D eigenvalue weighted by molar-refractivity contribution is -0.00233. The second-order valence-corrected chi connectivity index (χ2v) is 9.96. The SMILES string of the molecule is COC(=O)c1sc2ccccc2c1[C@@H]1CN(S(=O)(=O)c2ccc(F)c(C)c2)CCO1. The average Bonchev–Trinajstić information content (AvgIpc) is 3.14. The molecule has 0 bridgehead atoms. The van der Waals surface area contributed by atoms with E-state index >= 15 is 0 Å². The number of ether oxygens (including phenoxy) is 2. The van der Waals surface area contributed by atoms with Gasteiger partial charge in [0.15, 0.2) is 0 Å². The standard InChI is InChI=1S/C21H20FNO5S2/c1-13-11-14(7-8-16(13)22)30(25,26)23-9-10-28-17(12-23)19-15-5-3-4-6-18(15)29-20(19)21(24)27-2/h3-8,11,17H,9-10,12H2,1-2H3/t17-/m0/s1. The molecule has 1 aliphatic heterocycles. The van der Waals surface area contributed by atoms with Crippen LogP contribution in [0.4, 0.5) is 4.39 Å². The molecule has 2 heterocycles. The summed E-state index contributed by atoms with van der Waals surface area (Å²) in [4.78, 5) is 12.8. The van der Waals surface area contributed by atoms with Gasteiger partial charge in [-0.15, -0.1) is 11.3 Å². The topological polar surface area (TPSA) is 72.9 Å². The van der Waals surface area contributed by atoms with Gasteiger partial charge < -0.3 is 9.47 Å². The first kappa shape index (κ1) is 20.9. The molecule has 1 fully saturated rings. The van der Waals surface area contributed by atoms with E-state index in [2.05, 4.69) is 0 Å². The second kappa shape index (κ2) is 8.07. The van der Waals surface area contributed by atoms with E-state index in [1.807, 2.05) is 24.3 Å². The van der Waals surface area contributed by atoms with E-state index in [9.17, 15) is 17.6 Å². The van der Waals surface area contributed by atoms with Crippen LogP contribution < -0.4 is 0 Å². The van der Waals surface area contributed by atoms with Gasteiger partial charge in [0, 0.05) is 23.4 Å². The van der Waals surface area contributed by atoms with Crippen molar-refractivity contribution in [3.05, 3.63) is 64.3 Å². The summed E-state index contributed by atoms with van der Waals surface area (Å²) < 4.78 is 53.0. The van der Waals surface area contributed by atoms with Gasteiger partial charge in [0.05, 0.1) is 24.7 Å². The largest absolute Gasteiger partial charge is 0.465 e. The van der Waals surface area contributed by atoms with Crippen molar-refractivity contribution >= 4 is 37.4 Å². The van der Waals surface area contributed by atoms with E-state index in [0.29, 0.717) is 10.4 Å². The highest BCUT2D eigenvalue weighted by atomic mass is 32.2. The van der Waals surface area contributed by atoms with E-state index in [1.165, 1.54) is 41.8 Å². The number of methoxy groups -OCH3 is 1. The Balaban J connectivity index is 1.73. The molecular weight excluding hydrogens is 429 g/mol. The first-order valence-corrected chi connectivity index (χ1v) is 11.6. The Hall–Kier alpha value is -2.33. The minimum Gasteiger partial charge on any atom is -0.465 e. The zero-order valence-electron chi connectivity index (χ0n) is 16.4. The van der Waals surface area contributed by atoms with Gasteiger partial charge >= 0.3 is 5.97 Å². The van der Waals surface area contributed by atoms with Crippen molar-refractivity contribution in [2.75, 3.05) is 26.8 Å². The molecule has 1 aliphatic rings. The van der Waals surface area contributed by atoms with Gasteiger partial charge in [-0.1, -0.05) is 18.2 Å². The van der Waals surface area contributed by atoms with E-state index in [-0.39, 0.29) is 30.2 Å². The van der Waals surface area contributed by atoms with E-state index in [4.69, 9.17) is 9.47 Å². The molecule has 2 aromatic carbocycles. The summed E-state index contributed by atoms with van der Waals surface area (Å²) in [5.41, 5.74) is 0.898. The van der Waals surface area contributed by atoms with Crippen molar-refractivity contribution in [3.8, 4) is 0 Å². The number of morpholine rings is 1. The van der Waals surface area contributed by atoms with Crippen molar-refractivity contribution < 1.29 is 27.1 Å². The molecule has 158 valence electrons. The fraction of sp³-hybridized carbons (Fsp3) is 0.286. The Bertz CT molecular complexity index is 1220. The molecule has 1 atom stereocenters. The number of carbonyl (C=O) groups is 1. The number of aryl methyl sites for hydroxylation is 1. The van der Waals surface area contributed by atoms with Crippen LogP contribution in [0.3, 0.4) is 0 Å². The van der Waals surface area contributed by atoms with Crippen LogP contribution in [0.1, 0.15) is 26.9 Å². The van der Waals surface area contributed by atoms with Gasteiger partial charge in [0.25, 0.3) is 0 Å². The lowest BCUT2D eigenvalue weighted by atomic mass is 10.0. The highest BCUT2D eigenvalue weighted by Crippen LogP contribution is 2.39. The molecule has 0 saturated carbocycles. The number of sulfonamides is 1. The third-order valence-electron chi connectivity index (χ3n) is 5.12. The summed E-state index contributed by atoms with van der Waals surface area (Å²) in [6, 6.07) is 11.3. The van der Waals surface area contributed by atoms with E-state index < -0.39 is 27.9 Å². The quantitative estimate of drug-likeness (QED) is 0.565. The number of benzene rings is 2. The van der Waals surface area contributed by atoms with Gasteiger partial charge in [-0.3, -0.25) is 0 Å². The van der Waals surface area contributed by atoms with Crippen molar-refractivity contribution in [2.45, 2.75) is 17.9 Å². The molecule has 0 amide bonds. The number of hydrogen-bond donors (Lipinski definition) is 0. The van der Waals surface area contributed by atoms with Crippen LogP contribution >= 0.6 is 11.3 Å². The molecular formula is C21H20FNO5S2. The molecule has 0 spiro atoms. The molecule has 4 rings (SSSR count). The fourth-order valence-electron chi connectivity index (χ4n) is 3.57. The van der Waals surface area contributed by atoms with Crippen LogP contribution in [0, 0.1) is 12.7 Å². The number of halogens is 1. The van der Waals surface area contributed by atoms with Crippen molar-refractivity contribution in [1.29, 1.82) is 0 Å². The molecule has 0 aliphatic carbocycles. The number of thiophene rings is 1. The van der Waals surface area contributed by atoms with Gasteiger partial charge in [0.1, 0.15) is 10.7 Å². The van der Waals surface area contributed by atoms with Crippen LogP contribution in [-0.4, -0.2) is 45.5 Å². The van der Waals surface area contributed by atoms with Crippen molar-refractivity contribution in [2.24, 2.45) is 0 Å². The van der Waals surface area contributed by atoms with Gasteiger partial charge in [0.2, 0.25) is 10.0 Å². The number of hydrogen-bond acceptors (Lipinski definition) is 6. The number of fused-ring (bicyclic) bond motifs is 1. The fourth-order valence-corrected chi connectivity index (χ4v) is 6.26. The smallest absolute Gasteiger partial charge is 0.348 e. The maximum absolute atomic E-state index is 13.6. The highest BCUT2D eigenvalue weighted by Gasteiger charge is 2.35. The zero-order valence-corrected chi connectivity index (χ0v) is 18.1. The molecule has 0 N–H and O–H groups in total. The number of esters is 1. The minimum atomic E-state index is -3.84. The molecule has 3 aromatic rings. The summed E-state index contributed by atoms with van der Waals surface area (Å²) in [5, 5.41) is 0.838. The van der Waals surface area contributed by atoms with E-state index in [1.54, 1.807) is 0 Å². The normalized spacial score (nSPS) is 17.9. The molecule has 9 heteroatoms. The Morgan fingerprint density at radius 3 is 2.77 bits per heavy atom. The minimum absolute atomic E-state index is 0.0328. The van der Waals surface area contributed by atoms with Gasteiger partial charge in [-0.25, -0.2) is 17.6 Å². The zero-order chi connectivity index (χ0) is 21.5. The average molecular weight is 450 g/mol. The van der Waals surface area contributed by atoms with Crippen molar-refractivity contribution in [3.63, 3.8) is 0 Å². The maximum atomic E-state index is 13.6. The van der Waals surface area contributed by atoms with Crippen LogP contribution in [0.5, 0.6) is 0 Å². The van der Waals surface area contributed by atoms with Gasteiger partial charge in [-0.2, -0.15) is 4.31 Å². The monoisotopic (exact) mass is 449 g/mol. The first-order valence-electron chi connectivity index (χ1n) is 9.30.